The third-order valence-electron chi connectivity index (χ3n) is 1.99. The van der Waals surface area contributed by atoms with E-state index in [0.717, 1.165) is 23.5 Å². The van der Waals surface area contributed by atoms with Gasteiger partial charge in [0, 0.05) is 13.6 Å². The molecule has 0 unspecified atom stereocenters. The first-order chi connectivity index (χ1) is 6.36. The third kappa shape index (κ3) is 1.12. The third-order valence-corrected chi connectivity index (χ3v) is 1.99. The normalized spacial score (nSPS) is 10.6. The van der Waals surface area contributed by atoms with E-state index in [1.807, 2.05) is 11.6 Å². The van der Waals surface area contributed by atoms with E-state index in [4.69, 9.17) is 0 Å². The highest BCUT2D eigenvalue weighted by Crippen LogP contribution is 2.16. The van der Waals surface area contributed by atoms with Gasteiger partial charge in [0.15, 0.2) is 11.5 Å². The number of aryl methyl sites for hydroxylation is 1. The number of nitrogens with one attached hydrogen (secondary N) is 1. The minimum atomic E-state index is 0.737. The van der Waals surface area contributed by atoms with Gasteiger partial charge in [-0.05, 0) is 6.92 Å². The van der Waals surface area contributed by atoms with Crippen LogP contribution in [0.4, 0.5) is 5.82 Å². The summed E-state index contributed by atoms with van der Waals surface area (Å²) in [6.45, 7) is 2.94. The molecule has 5 heteroatoms. The zero-order valence-corrected chi connectivity index (χ0v) is 7.65. The molecule has 0 aliphatic heterocycles. The first-order valence-electron chi connectivity index (χ1n) is 4.20. The van der Waals surface area contributed by atoms with Crippen LogP contribution in [0, 0.1) is 0 Å². The van der Waals surface area contributed by atoms with Crippen LogP contribution in [0.2, 0.25) is 0 Å². The molecular weight excluding hydrogens is 166 g/mol. The molecule has 2 aromatic heterocycles. The fourth-order valence-electron chi connectivity index (χ4n) is 1.33. The summed E-state index contributed by atoms with van der Waals surface area (Å²) in [4.78, 5) is 12.4. The minimum absolute atomic E-state index is 0.737. The maximum Gasteiger partial charge on any atom is 0.182 e. The van der Waals surface area contributed by atoms with Crippen LogP contribution in [0.15, 0.2) is 12.7 Å². The van der Waals surface area contributed by atoms with Crippen LogP contribution in [-0.2, 0) is 6.54 Å². The predicted molar refractivity (Wildman–Crippen MR) is 50.5 cm³/mol. The largest absolute Gasteiger partial charge is 0.371 e. The maximum atomic E-state index is 4.17. The average molecular weight is 177 g/mol. The molecule has 2 heterocycles. The molecule has 0 bridgehead atoms. The Morgan fingerprint density at radius 3 is 2.92 bits per heavy atom. The van der Waals surface area contributed by atoms with Crippen molar-refractivity contribution in [3.8, 4) is 0 Å². The van der Waals surface area contributed by atoms with Crippen LogP contribution < -0.4 is 5.32 Å². The van der Waals surface area contributed by atoms with Gasteiger partial charge in [0.25, 0.3) is 0 Å². The van der Waals surface area contributed by atoms with Crippen LogP contribution in [-0.4, -0.2) is 26.6 Å². The summed E-state index contributed by atoms with van der Waals surface area (Å²) in [7, 11) is 1.84. The number of aromatic nitrogens is 4. The summed E-state index contributed by atoms with van der Waals surface area (Å²) in [6.07, 6.45) is 3.29. The van der Waals surface area contributed by atoms with E-state index in [1.54, 1.807) is 6.33 Å². The lowest BCUT2D eigenvalue weighted by molar-refractivity contribution is 0.786. The first kappa shape index (κ1) is 7.97. The van der Waals surface area contributed by atoms with Crippen molar-refractivity contribution >= 4 is 17.0 Å². The molecule has 5 nitrogen and oxygen atoms in total. The lowest BCUT2D eigenvalue weighted by Gasteiger charge is -2.03. The molecule has 2 aromatic rings. The van der Waals surface area contributed by atoms with Gasteiger partial charge < -0.3 is 9.88 Å². The van der Waals surface area contributed by atoms with Gasteiger partial charge in [-0.25, -0.2) is 15.0 Å². The second kappa shape index (κ2) is 3.01. The number of imidazole rings is 1. The molecule has 0 fully saturated rings. The van der Waals surface area contributed by atoms with Gasteiger partial charge in [0.2, 0.25) is 0 Å². The van der Waals surface area contributed by atoms with Crippen molar-refractivity contribution in [2.24, 2.45) is 0 Å². The monoisotopic (exact) mass is 177 g/mol. The molecule has 1 N–H and O–H groups in total. The van der Waals surface area contributed by atoms with Crippen LogP contribution in [0.1, 0.15) is 6.92 Å². The van der Waals surface area contributed by atoms with E-state index >= 15 is 0 Å². The highest BCUT2D eigenvalue weighted by Gasteiger charge is 2.07. The Kier molecular flexibility index (Phi) is 1.84. The zero-order chi connectivity index (χ0) is 9.26. The van der Waals surface area contributed by atoms with Crippen molar-refractivity contribution in [3.05, 3.63) is 12.7 Å². The van der Waals surface area contributed by atoms with Crippen molar-refractivity contribution in [1.29, 1.82) is 0 Å². The van der Waals surface area contributed by atoms with E-state index in [1.165, 1.54) is 6.33 Å². The summed E-state index contributed by atoms with van der Waals surface area (Å²) in [5.74, 6) is 0.823. The number of fused-ring (bicyclic) bond motifs is 1. The van der Waals surface area contributed by atoms with Crippen molar-refractivity contribution < 1.29 is 0 Å². The van der Waals surface area contributed by atoms with Gasteiger partial charge in [-0.1, -0.05) is 0 Å². The van der Waals surface area contributed by atoms with Gasteiger partial charge in [-0.3, -0.25) is 0 Å². The lowest BCUT2D eigenvalue weighted by atomic mass is 10.5. The number of nitrogens with zero attached hydrogens (tertiary/aromatic N) is 4. The molecule has 0 atom stereocenters. The second-order valence-corrected chi connectivity index (χ2v) is 2.68. The fraction of sp³-hybridized carbons (Fsp3) is 0.375. The van der Waals surface area contributed by atoms with Crippen LogP contribution in [0.3, 0.4) is 0 Å². The van der Waals surface area contributed by atoms with Gasteiger partial charge in [-0.2, -0.15) is 0 Å². The Bertz CT molecular complexity index is 419. The van der Waals surface area contributed by atoms with Crippen molar-refractivity contribution in [2.45, 2.75) is 13.5 Å². The molecule has 68 valence electrons. The molecule has 0 amide bonds. The van der Waals surface area contributed by atoms with Crippen molar-refractivity contribution in [2.75, 3.05) is 12.4 Å². The maximum absolute atomic E-state index is 4.17. The van der Waals surface area contributed by atoms with E-state index in [9.17, 15) is 0 Å². The Hall–Kier alpha value is -1.65. The number of hydrogen-bond acceptors (Lipinski definition) is 4. The summed E-state index contributed by atoms with van der Waals surface area (Å²) in [5.41, 5.74) is 1.70. The van der Waals surface area contributed by atoms with Gasteiger partial charge in [0.1, 0.15) is 11.8 Å². The number of hydrogen-bond donors (Lipinski definition) is 1. The summed E-state index contributed by atoms with van der Waals surface area (Å²) >= 11 is 0. The second-order valence-electron chi connectivity index (χ2n) is 2.68. The van der Waals surface area contributed by atoms with Crippen LogP contribution in [0.5, 0.6) is 0 Å². The molecular formula is C8H11N5. The Labute approximate surface area is 75.8 Å². The van der Waals surface area contributed by atoms with E-state index in [-0.39, 0.29) is 0 Å². The Morgan fingerprint density at radius 2 is 2.23 bits per heavy atom. The molecule has 0 saturated carbocycles. The molecule has 0 aliphatic rings. The molecule has 0 radical (unpaired) electrons. The average Bonchev–Trinajstić information content (AvgIpc) is 2.60. The topological polar surface area (TPSA) is 55.6 Å². The molecule has 0 aromatic carbocycles. The predicted octanol–water partition coefficient (Wildman–Crippen LogP) is 0.888. The summed E-state index contributed by atoms with van der Waals surface area (Å²) < 4.78 is 2.02. The van der Waals surface area contributed by atoms with Gasteiger partial charge in [0.05, 0.1) is 6.33 Å². The number of rotatable bonds is 2. The summed E-state index contributed by atoms with van der Waals surface area (Å²) in [6, 6.07) is 0. The zero-order valence-electron chi connectivity index (χ0n) is 7.65. The SMILES string of the molecule is CCn1cnc2ncnc(NC)c21. The highest BCUT2D eigenvalue weighted by atomic mass is 15.1. The number of anilines is 1. The molecule has 0 aliphatic carbocycles. The molecule has 13 heavy (non-hydrogen) atoms. The van der Waals surface area contributed by atoms with E-state index in [2.05, 4.69) is 27.2 Å². The Morgan fingerprint density at radius 1 is 1.38 bits per heavy atom. The quantitative estimate of drug-likeness (QED) is 0.740. The van der Waals surface area contributed by atoms with Gasteiger partial charge >= 0.3 is 0 Å². The highest BCUT2D eigenvalue weighted by molar-refractivity contribution is 5.82. The first-order valence-corrected chi connectivity index (χ1v) is 4.20. The molecule has 0 saturated heterocycles. The minimum Gasteiger partial charge on any atom is -0.371 e. The molecule has 0 spiro atoms. The van der Waals surface area contributed by atoms with E-state index in [0.29, 0.717) is 0 Å². The van der Waals surface area contributed by atoms with Crippen LogP contribution >= 0.6 is 0 Å². The van der Waals surface area contributed by atoms with E-state index < -0.39 is 0 Å². The molecule has 2 rings (SSSR count). The lowest BCUT2D eigenvalue weighted by Crippen LogP contribution is -1.99. The Balaban J connectivity index is 2.76. The van der Waals surface area contributed by atoms with Crippen molar-refractivity contribution in [3.63, 3.8) is 0 Å². The smallest absolute Gasteiger partial charge is 0.182 e. The fourth-order valence-corrected chi connectivity index (χ4v) is 1.33. The standard InChI is InChI=1S/C8H11N5/c1-3-13-5-12-8-6(13)7(9-2)10-4-11-8/h4-5H,3H2,1-2H3,(H,9,10,11). The summed E-state index contributed by atoms with van der Waals surface area (Å²) in [5, 5.41) is 3.02. The van der Waals surface area contributed by atoms with Crippen molar-refractivity contribution in [1.82, 2.24) is 19.5 Å². The van der Waals surface area contributed by atoms with Crippen LogP contribution in [0.25, 0.3) is 11.2 Å². The van der Waals surface area contributed by atoms with Gasteiger partial charge in [-0.15, -0.1) is 0 Å².